The molecule has 0 aromatic carbocycles. The van der Waals surface area contributed by atoms with Crippen molar-refractivity contribution in [2.45, 2.75) is 477 Å². The summed E-state index contributed by atoms with van der Waals surface area (Å²) in [7, 11) is 3.00. The maximum Gasteiger partial charge on any atom is 0.344 e. The van der Waals surface area contributed by atoms with Crippen LogP contribution in [0.25, 0.3) is 0 Å². The summed E-state index contributed by atoms with van der Waals surface area (Å²) in [5, 5.41) is 0. The second-order valence-electron chi connectivity index (χ2n) is 48.8. The molecule has 0 radical (unpaired) electrons. The number of methoxy groups -OCH3 is 2. The lowest BCUT2D eigenvalue weighted by Gasteiger charge is -2.60. The molecule has 11 rings (SSSR count). The van der Waals surface area contributed by atoms with E-state index in [0.29, 0.717) is 75.0 Å². The number of hydrogen-bond acceptors (Lipinski definition) is 28. The van der Waals surface area contributed by atoms with E-state index in [0.717, 1.165) is 94.0 Å². The molecule has 0 amide bonds. The van der Waals surface area contributed by atoms with Gasteiger partial charge < -0.3 is 85.3 Å². The van der Waals surface area contributed by atoms with Gasteiger partial charge in [-0.25, -0.2) is 9.59 Å². The van der Waals surface area contributed by atoms with Crippen LogP contribution in [-0.4, -0.2) is 178 Å². The third-order valence-corrected chi connectivity index (χ3v) is 33.6. The minimum atomic E-state index is -0.550. The fourth-order valence-corrected chi connectivity index (χ4v) is 18.9. The summed E-state index contributed by atoms with van der Waals surface area (Å²) in [5.41, 5.74) is -3.83. The largest absolute Gasteiger partial charge is 0.472 e. The lowest BCUT2D eigenvalue weighted by Crippen LogP contribution is -2.59. The van der Waals surface area contributed by atoms with E-state index in [2.05, 4.69) is 52.9 Å². The van der Waals surface area contributed by atoms with Crippen molar-refractivity contribution in [2.24, 2.45) is 113 Å². The van der Waals surface area contributed by atoms with Gasteiger partial charge in [-0.15, -0.1) is 0 Å². The fourth-order valence-electron chi connectivity index (χ4n) is 18.9. The van der Waals surface area contributed by atoms with E-state index in [1.165, 1.54) is 168 Å². The van der Waals surface area contributed by atoms with Crippen molar-refractivity contribution in [3.63, 3.8) is 0 Å². The highest BCUT2D eigenvalue weighted by Gasteiger charge is 2.60. The summed E-state index contributed by atoms with van der Waals surface area (Å²) in [6.45, 7) is 73.2. The Balaban J connectivity index is 0.000000832. The van der Waals surface area contributed by atoms with Crippen molar-refractivity contribution in [2.75, 3.05) is 94.4 Å². The van der Waals surface area contributed by atoms with Gasteiger partial charge in [-0.1, -0.05) is 148 Å². The molecular formula is C118H214O28. The average molecular weight is 2080 g/mol. The number of hydrogen-bond donors (Lipinski definition) is 0. The lowest BCUT2D eigenvalue weighted by atomic mass is 9.49. The zero-order valence-corrected chi connectivity index (χ0v) is 99.1. The van der Waals surface area contributed by atoms with Crippen molar-refractivity contribution in [1.29, 1.82) is 0 Å². The standard InChI is InChI=1S/C20H32O4.C19H30O4.C15H28O3.C14H26O3.C13H24O3.C10H20O3.C10H20O2.C9H18O3.C8H16O3/c1-5-19(3,4)18(22)23-12-17(21)24-20(6-2)15-8-13-7-14(10-15)11-16(20)9-13;1-5-18(2,3)17(21)22-11-16(20)23-19(4)14-7-12-6-13(9-14)10-15(19)8-12;1-5-14(2,3)13(16)18-12-17-11-15(4)9-7-6-8-10-15;1-4-14(2,3)13(15)17-11-16-10-12-8-6-5-7-9-12;1-4-13(2,3)12(14)16-10-15-9-11-7-5-6-8-11;1-6-10(4,5)9(11)13-8(3)12-7-2;1-6-10(4,5)9(3)12-8-11-7-2;1-6-9(3,4)8(10)12-7(2)11-5;1-5-8(2,3)7(9)11-6-10-4/h13-16H,5-12H2,1-4H3;12-15H,5-11H2,1-4H3;5-12H2,1-4H3;12H,4-11H2,1-3H3;11H,4-10H2,1-3H3;8H,6-7H2,1-5H3;3,6-8H2,1-2,4-5H3;7H,6H2,1-5H3;5-6H2,1-4H3. The number of carbonyl (C=O) groups is 10. The van der Waals surface area contributed by atoms with Crippen LogP contribution in [0.15, 0.2) is 12.3 Å². The Kier molecular flexibility index (Phi) is 63.1. The first-order valence-electron chi connectivity index (χ1n) is 56.2. The Labute approximate surface area is 885 Å². The van der Waals surface area contributed by atoms with Crippen LogP contribution < -0.4 is 0 Å². The van der Waals surface area contributed by atoms with Gasteiger partial charge in [0.2, 0.25) is 0 Å². The zero-order chi connectivity index (χ0) is 112. The molecule has 11 aliphatic carbocycles. The molecule has 0 heterocycles. The van der Waals surface area contributed by atoms with Gasteiger partial charge in [0, 0.05) is 32.8 Å². The highest BCUT2D eigenvalue weighted by molar-refractivity contribution is 5.81. The summed E-state index contributed by atoms with van der Waals surface area (Å²) >= 11 is 0. The number of esters is 10. The minimum absolute atomic E-state index is 0.0439. The molecule has 11 saturated carbocycles. The zero-order valence-electron chi connectivity index (χ0n) is 99.1. The van der Waals surface area contributed by atoms with Crippen LogP contribution >= 0.6 is 0 Å². The molecule has 0 aromatic rings. The molecule has 28 nitrogen and oxygen atoms in total. The number of ether oxygens (including phenoxy) is 18. The van der Waals surface area contributed by atoms with Gasteiger partial charge in [-0.3, -0.25) is 38.4 Å². The maximum absolute atomic E-state index is 12.4. The smallest absolute Gasteiger partial charge is 0.344 e. The molecule has 854 valence electrons. The normalized spacial score (nSPS) is 22.8. The Morgan fingerprint density at radius 3 is 0.938 bits per heavy atom. The number of carbonyl (C=O) groups excluding carboxylic acids is 10. The summed E-state index contributed by atoms with van der Waals surface area (Å²) in [5.74, 6) is 4.99. The summed E-state index contributed by atoms with van der Waals surface area (Å²) in [6, 6.07) is 0. The highest BCUT2D eigenvalue weighted by atomic mass is 16.7. The molecular weight excluding hydrogens is 1870 g/mol. The van der Waals surface area contributed by atoms with Gasteiger partial charge in [0.05, 0.1) is 68.9 Å². The molecule has 28 heteroatoms. The third-order valence-electron chi connectivity index (χ3n) is 33.6. The van der Waals surface area contributed by atoms with Crippen molar-refractivity contribution in [1.82, 2.24) is 0 Å². The molecule has 2 atom stereocenters. The van der Waals surface area contributed by atoms with Gasteiger partial charge in [0.15, 0.2) is 59.8 Å². The van der Waals surface area contributed by atoms with E-state index >= 15 is 0 Å². The number of allylic oxidation sites excluding steroid dienone is 1. The Bertz CT molecular complexity index is 3700. The van der Waals surface area contributed by atoms with E-state index in [9.17, 15) is 47.9 Å². The Morgan fingerprint density at radius 2 is 0.616 bits per heavy atom. The first-order valence-corrected chi connectivity index (χ1v) is 56.2. The predicted octanol–water partition coefficient (Wildman–Crippen LogP) is 27.2. The molecule has 0 aromatic heterocycles. The van der Waals surface area contributed by atoms with Crippen LogP contribution in [0.3, 0.4) is 0 Å². The highest BCUT2D eigenvalue weighted by Crippen LogP contribution is 2.62. The molecule has 0 spiro atoms. The van der Waals surface area contributed by atoms with Gasteiger partial charge in [0.25, 0.3) is 0 Å². The van der Waals surface area contributed by atoms with E-state index in [4.69, 9.17) is 80.5 Å². The first kappa shape index (κ1) is 138. The number of rotatable bonds is 48. The molecule has 2 unspecified atom stereocenters. The maximum atomic E-state index is 12.4. The topological polar surface area (TPSA) is 337 Å². The monoisotopic (exact) mass is 2080 g/mol. The molecule has 11 aliphatic rings. The summed E-state index contributed by atoms with van der Waals surface area (Å²) in [4.78, 5) is 118. The van der Waals surface area contributed by atoms with Crippen LogP contribution in [-0.2, 0) is 133 Å². The second-order valence-corrected chi connectivity index (χ2v) is 48.8. The molecule has 0 saturated heterocycles. The fraction of sp³-hybridized carbons (Fsp3) is 0.898. The van der Waals surface area contributed by atoms with E-state index in [-0.39, 0.29) is 122 Å². The van der Waals surface area contributed by atoms with Crippen LogP contribution in [0.2, 0.25) is 0 Å². The van der Waals surface area contributed by atoms with Gasteiger partial charge in [0.1, 0.15) is 11.2 Å². The van der Waals surface area contributed by atoms with Crippen LogP contribution in [0.5, 0.6) is 0 Å². The lowest BCUT2D eigenvalue weighted by molar-refractivity contribution is -0.214. The molecule has 146 heavy (non-hydrogen) atoms. The molecule has 0 N–H and O–H groups in total. The van der Waals surface area contributed by atoms with Crippen LogP contribution in [0.4, 0.5) is 0 Å². The third kappa shape index (κ3) is 48.5. The van der Waals surface area contributed by atoms with Gasteiger partial charge in [-0.2, -0.15) is 0 Å². The Hall–Kier alpha value is -6.04. The minimum Gasteiger partial charge on any atom is -0.472 e. The van der Waals surface area contributed by atoms with Gasteiger partial charge >= 0.3 is 59.7 Å². The SMILES string of the molecule is C=C(OCOCC)C(C)(C)CC.CCC(C)(C)C(=O)OC(C)OC.CCC(C)(C)C(=O)OCC(=O)OC1(C)C2CC3CC(C2)CC1C3.CCC(C)(C)C(=O)OCC(=O)OC1(CC)C2CC3CC(C2)CC1C3.CCC(C)(C)C(=O)OCOC.CCC(C)(C)C(=O)OCOCC1(C)CCCCC1.CCC(C)(C)C(=O)OCOCC1CCCC1.CCC(C)(C)C(=O)OCOCC1CCCCC1.CCOC(C)OC(=O)C(C)(C)CC. The van der Waals surface area contributed by atoms with E-state index in [1.54, 1.807) is 13.8 Å². The Morgan fingerprint density at radius 1 is 0.322 bits per heavy atom. The van der Waals surface area contributed by atoms with Crippen molar-refractivity contribution in [3.05, 3.63) is 12.3 Å². The average Bonchev–Trinajstić information content (AvgIpc) is 0.866. The molecule has 0 aliphatic heterocycles. The molecule has 8 bridgehead atoms. The molecule has 11 fully saturated rings. The van der Waals surface area contributed by atoms with Crippen LogP contribution in [0, 0.1) is 113 Å². The van der Waals surface area contributed by atoms with Crippen LogP contribution in [0.1, 0.15) is 454 Å². The van der Waals surface area contributed by atoms with Gasteiger partial charge in [-0.05, 0) is 377 Å². The van der Waals surface area contributed by atoms with E-state index < -0.39 is 55.9 Å². The van der Waals surface area contributed by atoms with Crippen molar-refractivity contribution in [3.8, 4) is 0 Å². The van der Waals surface area contributed by atoms with E-state index in [1.807, 2.05) is 180 Å². The van der Waals surface area contributed by atoms with Crippen molar-refractivity contribution < 1.29 is 133 Å². The summed E-state index contributed by atoms with van der Waals surface area (Å²) < 4.78 is 93.9. The first-order chi connectivity index (χ1) is 68.0. The quantitative estimate of drug-likeness (QED) is 0.0179. The van der Waals surface area contributed by atoms with Crippen molar-refractivity contribution >= 4 is 59.7 Å². The summed E-state index contributed by atoms with van der Waals surface area (Å²) in [6.07, 6.45) is 37.4. The second kappa shape index (κ2) is 66.8. The predicted molar refractivity (Wildman–Crippen MR) is 571 cm³/mol.